The van der Waals surface area contributed by atoms with Crippen molar-refractivity contribution in [2.24, 2.45) is 0 Å². The minimum absolute atomic E-state index is 0.620. The Morgan fingerprint density at radius 2 is 1.95 bits per heavy atom. The number of nitriles is 1. The zero-order chi connectivity index (χ0) is 13.2. The maximum absolute atomic E-state index is 8.76. The summed E-state index contributed by atoms with van der Waals surface area (Å²) in [5.74, 6) is 1.50. The van der Waals surface area contributed by atoms with Gasteiger partial charge in [0.25, 0.3) is 0 Å². The summed E-state index contributed by atoms with van der Waals surface area (Å²) in [5.41, 5.74) is 2.65. The minimum atomic E-state index is 0.620. The standard InChI is InChI=1S/C15H11N3O/c1-10-13-9-17-18-14(13)6-7-15(10)19-12-4-2-11(8-16)3-5-12/h2-7,9H,1H3,(H,17,18). The molecule has 0 atom stereocenters. The molecule has 2 aromatic carbocycles. The first-order valence-corrected chi connectivity index (χ1v) is 5.88. The van der Waals surface area contributed by atoms with Crippen molar-refractivity contribution >= 4 is 10.9 Å². The molecule has 0 unspecified atom stereocenters. The van der Waals surface area contributed by atoms with Gasteiger partial charge in [0.15, 0.2) is 0 Å². The third-order valence-corrected chi connectivity index (χ3v) is 3.06. The molecule has 19 heavy (non-hydrogen) atoms. The molecule has 3 rings (SSSR count). The molecule has 0 spiro atoms. The van der Waals surface area contributed by atoms with Crippen LogP contribution in [0, 0.1) is 18.3 Å². The second-order valence-electron chi connectivity index (χ2n) is 4.26. The predicted molar refractivity (Wildman–Crippen MR) is 72.1 cm³/mol. The van der Waals surface area contributed by atoms with Crippen LogP contribution < -0.4 is 4.74 Å². The molecule has 0 aliphatic carbocycles. The second kappa shape index (κ2) is 4.46. The number of benzene rings is 2. The highest BCUT2D eigenvalue weighted by Gasteiger charge is 2.07. The summed E-state index contributed by atoms with van der Waals surface area (Å²) in [6, 6.07) is 13.0. The van der Waals surface area contributed by atoms with Crippen molar-refractivity contribution in [1.82, 2.24) is 10.2 Å². The fourth-order valence-corrected chi connectivity index (χ4v) is 1.97. The van der Waals surface area contributed by atoms with Crippen LogP contribution in [0.25, 0.3) is 10.9 Å². The highest BCUT2D eigenvalue weighted by molar-refractivity contribution is 5.83. The number of aryl methyl sites for hydroxylation is 1. The van der Waals surface area contributed by atoms with E-state index in [2.05, 4.69) is 16.3 Å². The van der Waals surface area contributed by atoms with Gasteiger partial charge in [-0.05, 0) is 43.3 Å². The Morgan fingerprint density at radius 1 is 1.16 bits per heavy atom. The monoisotopic (exact) mass is 249 g/mol. The fraction of sp³-hybridized carbons (Fsp3) is 0.0667. The van der Waals surface area contributed by atoms with Gasteiger partial charge in [-0.15, -0.1) is 0 Å². The molecule has 0 radical (unpaired) electrons. The second-order valence-corrected chi connectivity index (χ2v) is 4.26. The van der Waals surface area contributed by atoms with Crippen LogP contribution in [0.15, 0.2) is 42.6 Å². The number of nitrogens with zero attached hydrogens (tertiary/aromatic N) is 2. The molecule has 0 aliphatic heterocycles. The topological polar surface area (TPSA) is 61.7 Å². The molecule has 4 nitrogen and oxygen atoms in total. The Morgan fingerprint density at radius 3 is 2.68 bits per heavy atom. The molecule has 1 heterocycles. The average molecular weight is 249 g/mol. The van der Waals surface area contributed by atoms with Gasteiger partial charge >= 0.3 is 0 Å². The summed E-state index contributed by atoms with van der Waals surface area (Å²) < 4.78 is 5.84. The summed E-state index contributed by atoms with van der Waals surface area (Å²) in [5, 5.41) is 16.7. The lowest BCUT2D eigenvalue weighted by atomic mass is 10.1. The SMILES string of the molecule is Cc1c(Oc2ccc(C#N)cc2)ccc2[nH]ncc12. The number of hydrogen-bond donors (Lipinski definition) is 1. The van der Waals surface area contributed by atoms with Crippen molar-refractivity contribution in [3.63, 3.8) is 0 Å². The largest absolute Gasteiger partial charge is 0.457 e. The van der Waals surface area contributed by atoms with Crippen LogP contribution in [0.3, 0.4) is 0 Å². The van der Waals surface area contributed by atoms with Gasteiger partial charge in [-0.3, -0.25) is 5.10 Å². The van der Waals surface area contributed by atoms with Crippen molar-refractivity contribution in [2.75, 3.05) is 0 Å². The van der Waals surface area contributed by atoms with E-state index in [0.29, 0.717) is 11.3 Å². The van der Waals surface area contributed by atoms with E-state index in [0.717, 1.165) is 22.2 Å². The first-order chi connectivity index (χ1) is 9.28. The number of aromatic amines is 1. The maximum Gasteiger partial charge on any atom is 0.131 e. The van der Waals surface area contributed by atoms with E-state index in [1.165, 1.54) is 0 Å². The smallest absolute Gasteiger partial charge is 0.131 e. The van der Waals surface area contributed by atoms with Gasteiger partial charge in [-0.25, -0.2) is 0 Å². The fourth-order valence-electron chi connectivity index (χ4n) is 1.97. The lowest BCUT2D eigenvalue weighted by Gasteiger charge is -2.09. The summed E-state index contributed by atoms with van der Waals surface area (Å²) in [4.78, 5) is 0. The van der Waals surface area contributed by atoms with E-state index in [4.69, 9.17) is 10.00 Å². The van der Waals surface area contributed by atoms with Crippen LogP contribution in [0.5, 0.6) is 11.5 Å². The molecular formula is C15H11N3O. The number of nitrogens with one attached hydrogen (secondary N) is 1. The predicted octanol–water partition coefficient (Wildman–Crippen LogP) is 3.54. The third kappa shape index (κ3) is 2.02. The van der Waals surface area contributed by atoms with Crippen molar-refractivity contribution in [1.29, 1.82) is 5.26 Å². The number of fused-ring (bicyclic) bond motifs is 1. The van der Waals surface area contributed by atoms with Crippen molar-refractivity contribution in [2.45, 2.75) is 6.92 Å². The highest BCUT2D eigenvalue weighted by Crippen LogP contribution is 2.29. The normalized spacial score (nSPS) is 10.3. The van der Waals surface area contributed by atoms with Crippen molar-refractivity contribution in [3.8, 4) is 17.6 Å². The van der Waals surface area contributed by atoms with E-state index in [1.54, 1.807) is 30.5 Å². The number of aromatic nitrogens is 2. The lowest BCUT2D eigenvalue weighted by Crippen LogP contribution is -1.88. The minimum Gasteiger partial charge on any atom is -0.457 e. The Bertz CT molecular complexity index is 766. The first-order valence-electron chi connectivity index (χ1n) is 5.88. The Labute approximate surface area is 110 Å². The molecule has 92 valence electrons. The maximum atomic E-state index is 8.76. The van der Waals surface area contributed by atoms with E-state index < -0.39 is 0 Å². The molecule has 0 saturated carbocycles. The van der Waals surface area contributed by atoms with Crippen LogP contribution in [0.2, 0.25) is 0 Å². The summed E-state index contributed by atoms with van der Waals surface area (Å²) in [6.45, 7) is 2.00. The number of H-pyrrole nitrogens is 1. The highest BCUT2D eigenvalue weighted by atomic mass is 16.5. The summed E-state index contributed by atoms with van der Waals surface area (Å²) in [7, 11) is 0. The van der Waals surface area contributed by atoms with Crippen molar-refractivity contribution < 1.29 is 4.74 Å². The molecule has 0 bridgehead atoms. The average Bonchev–Trinajstić information content (AvgIpc) is 2.92. The van der Waals surface area contributed by atoms with Crippen LogP contribution in [-0.4, -0.2) is 10.2 Å². The van der Waals surface area contributed by atoms with Crippen LogP contribution in [-0.2, 0) is 0 Å². The van der Waals surface area contributed by atoms with Crippen LogP contribution in [0.1, 0.15) is 11.1 Å². The van der Waals surface area contributed by atoms with Gasteiger partial charge in [-0.1, -0.05) is 0 Å². The lowest BCUT2D eigenvalue weighted by molar-refractivity contribution is 0.480. The van der Waals surface area contributed by atoms with Crippen LogP contribution in [0.4, 0.5) is 0 Å². The van der Waals surface area contributed by atoms with Crippen molar-refractivity contribution in [3.05, 3.63) is 53.7 Å². The van der Waals surface area contributed by atoms with E-state index >= 15 is 0 Å². The number of hydrogen-bond acceptors (Lipinski definition) is 3. The van der Waals surface area contributed by atoms with E-state index in [9.17, 15) is 0 Å². The number of ether oxygens (including phenoxy) is 1. The molecule has 1 N–H and O–H groups in total. The zero-order valence-electron chi connectivity index (χ0n) is 10.3. The van der Waals surface area contributed by atoms with Crippen LogP contribution >= 0.6 is 0 Å². The van der Waals surface area contributed by atoms with Gasteiger partial charge in [0.05, 0.1) is 23.3 Å². The molecule has 4 heteroatoms. The quantitative estimate of drug-likeness (QED) is 0.755. The van der Waals surface area contributed by atoms with Gasteiger partial charge in [0.2, 0.25) is 0 Å². The molecular weight excluding hydrogens is 238 g/mol. The third-order valence-electron chi connectivity index (χ3n) is 3.06. The van der Waals surface area contributed by atoms with Gasteiger partial charge < -0.3 is 4.74 Å². The molecule has 0 amide bonds. The van der Waals surface area contributed by atoms with E-state index in [1.807, 2.05) is 19.1 Å². The number of rotatable bonds is 2. The Hall–Kier alpha value is -2.80. The van der Waals surface area contributed by atoms with Gasteiger partial charge in [-0.2, -0.15) is 10.4 Å². The summed E-state index contributed by atoms with van der Waals surface area (Å²) >= 11 is 0. The molecule has 0 saturated heterocycles. The van der Waals surface area contributed by atoms with E-state index in [-0.39, 0.29) is 0 Å². The molecule has 1 aromatic heterocycles. The molecule has 0 aliphatic rings. The van der Waals surface area contributed by atoms with Gasteiger partial charge in [0.1, 0.15) is 11.5 Å². The Balaban J connectivity index is 1.96. The molecule has 0 fully saturated rings. The first kappa shape index (κ1) is 11.3. The summed E-state index contributed by atoms with van der Waals surface area (Å²) in [6.07, 6.45) is 1.79. The zero-order valence-corrected chi connectivity index (χ0v) is 10.3. The molecule has 3 aromatic rings. The Kier molecular flexibility index (Phi) is 2.66. The van der Waals surface area contributed by atoms with Gasteiger partial charge in [0, 0.05) is 10.9 Å².